The number of hydrogen-bond acceptors (Lipinski definition) is 4. The van der Waals surface area contributed by atoms with Gasteiger partial charge in [-0.25, -0.2) is 17.4 Å². The smallest absolute Gasteiger partial charge is 0.318 e. The Kier molecular flexibility index (Phi) is 4.64. The summed E-state index contributed by atoms with van der Waals surface area (Å²) in [7, 11) is -4.17. The number of nitrogens with zero attached hydrogens (tertiary/aromatic N) is 2. The number of halogens is 4. The Morgan fingerprint density at radius 3 is 2.63 bits per heavy atom. The fourth-order valence-electron chi connectivity index (χ4n) is 2.44. The molecule has 142 valence electrons. The van der Waals surface area contributed by atoms with Crippen molar-refractivity contribution in [1.82, 2.24) is 8.96 Å². The molecule has 3 aromatic rings. The largest absolute Gasteiger partial charge is 0.471 e. The van der Waals surface area contributed by atoms with Gasteiger partial charge in [0, 0.05) is 23.5 Å². The molecular weight excluding hydrogens is 407 g/mol. The van der Waals surface area contributed by atoms with E-state index < -0.39 is 22.1 Å². The zero-order valence-electron chi connectivity index (χ0n) is 13.6. The molecule has 0 saturated carbocycles. The number of carbonyl (C=O) groups is 1. The number of anilines is 1. The zero-order chi connectivity index (χ0) is 20.0. The highest BCUT2D eigenvalue weighted by atomic mass is 35.5. The number of aromatic nitrogens is 2. The van der Waals surface area contributed by atoms with E-state index in [4.69, 9.17) is 11.6 Å². The van der Waals surface area contributed by atoms with Gasteiger partial charge in [-0.05, 0) is 36.8 Å². The maximum Gasteiger partial charge on any atom is 0.471 e. The second kappa shape index (κ2) is 6.54. The lowest BCUT2D eigenvalue weighted by atomic mass is 10.2. The third kappa shape index (κ3) is 3.62. The van der Waals surface area contributed by atoms with E-state index in [2.05, 4.69) is 4.98 Å². The molecule has 3 rings (SSSR count). The normalized spacial score (nSPS) is 12.3. The highest BCUT2D eigenvalue weighted by Crippen LogP contribution is 2.27. The van der Waals surface area contributed by atoms with Gasteiger partial charge in [0.05, 0.1) is 9.92 Å². The minimum atomic E-state index is -5.09. The quantitative estimate of drug-likeness (QED) is 0.704. The number of aryl methyl sites for hydroxylation is 1. The summed E-state index contributed by atoms with van der Waals surface area (Å²) in [6.07, 6.45) is -2.47. The summed E-state index contributed by atoms with van der Waals surface area (Å²) >= 11 is 5.88. The van der Waals surface area contributed by atoms with Crippen molar-refractivity contribution in [3.63, 3.8) is 0 Å². The zero-order valence-corrected chi connectivity index (χ0v) is 15.2. The van der Waals surface area contributed by atoms with Crippen LogP contribution in [-0.4, -0.2) is 29.5 Å². The third-order valence-electron chi connectivity index (χ3n) is 3.68. The van der Waals surface area contributed by atoms with Gasteiger partial charge in [0.1, 0.15) is 0 Å². The number of hydrogen-bond donors (Lipinski definition) is 1. The number of fused-ring (bicyclic) bond motifs is 1. The van der Waals surface area contributed by atoms with Crippen LogP contribution in [0.2, 0.25) is 5.02 Å². The second-order valence-electron chi connectivity index (χ2n) is 5.62. The van der Waals surface area contributed by atoms with Gasteiger partial charge in [-0.3, -0.25) is 4.79 Å². The molecule has 0 bridgehead atoms. The molecule has 1 N–H and O–H groups in total. The highest BCUT2D eigenvalue weighted by Gasteiger charge is 2.38. The number of amides is 1. The fraction of sp³-hybridized carbons (Fsp3) is 0.125. The third-order valence-corrected chi connectivity index (χ3v) is 5.54. The van der Waals surface area contributed by atoms with Crippen molar-refractivity contribution in [2.45, 2.75) is 18.0 Å². The number of nitrogens with one attached hydrogen (secondary N) is 1. The first-order chi connectivity index (χ1) is 12.5. The standard InChI is InChI=1S/C16H11ClF3N3O3S/c1-9-8-23(14-13(9)5-10(17)7-21-14)27(25,26)12-4-2-3-11(6-12)22-15(24)16(18,19)20/h2-8H,1H3,(H,22,24). The van der Waals surface area contributed by atoms with Gasteiger partial charge < -0.3 is 5.32 Å². The summed E-state index contributed by atoms with van der Waals surface area (Å²) in [6, 6.07) is 6.08. The summed E-state index contributed by atoms with van der Waals surface area (Å²) in [4.78, 5) is 14.8. The lowest BCUT2D eigenvalue weighted by Crippen LogP contribution is -2.30. The Balaban J connectivity index is 2.06. The van der Waals surface area contributed by atoms with Crippen LogP contribution in [0, 0.1) is 6.92 Å². The number of rotatable bonds is 3. The lowest BCUT2D eigenvalue weighted by molar-refractivity contribution is -0.167. The maximum atomic E-state index is 12.9. The molecule has 0 spiro atoms. The predicted octanol–water partition coefficient (Wildman–Crippen LogP) is 3.74. The number of carbonyl (C=O) groups excluding carboxylic acids is 1. The summed E-state index contributed by atoms with van der Waals surface area (Å²) in [5.74, 6) is -2.20. The van der Waals surface area contributed by atoms with Crippen LogP contribution in [0.15, 0.2) is 47.6 Å². The molecule has 2 heterocycles. The molecule has 1 amide bonds. The molecule has 27 heavy (non-hydrogen) atoms. The average molecular weight is 418 g/mol. The van der Waals surface area contributed by atoms with Crippen LogP contribution in [0.1, 0.15) is 5.56 Å². The van der Waals surface area contributed by atoms with Crippen molar-refractivity contribution in [2.24, 2.45) is 0 Å². The topological polar surface area (TPSA) is 81.1 Å². The Labute approximate surface area is 156 Å². The predicted molar refractivity (Wildman–Crippen MR) is 93.2 cm³/mol. The van der Waals surface area contributed by atoms with Crippen molar-refractivity contribution >= 4 is 44.3 Å². The number of benzene rings is 1. The van der Waals surface area contributed by atoms with E-state index in [0.717, 1.165) is 16.1 Å². The molecule has 1 aromatic carbocycles. The summed E-state index contributed by atoms with van der Waals surface area (Å²) in [6.45, 7) is 1.67. The average Bonchev–Trinajstić information content (AvgIpc) is 2.91. The van der Waals surface area contributed by atoms with Gasteiger partial charge in [0.15, 0.2) is 5.65 Å². The molecule has 0 unspecified atom stereocenters. The van der Waals surface area contributed by atoms with Gasteiger partial charge in [0.25, 0.3) is 10.0 Å². The van der Waals surface area contributed by atoms with Crippen LogP contribution in [0.4, 0.5) is 18.9 Å². The van der Waals surface area contributed by atoms with Gasteiger partial charge >= 0.3 is 12.1 Å². The van der Waals surface area contributed by atoms with Crippen molar-refractivity contribution in [3.8, 4) is 0 Å². The van der Waals surface area contributed by atoms with Crippen molar-refractivity contribution in [2.75, 3.05) is 5.32 Å². The molecule has 0 saturated heterocycles. The van der Waals surface area contributed by atoms with E-state index in [1.54, 1.807) is 18.3 Å². The van der Waals surface area contributed by atoms with Crippen LogP contribution < -0.4 is 5.32 Å². The lowest BCUT2D eigenvalue weighted by Gasteiger charge is -2.11. The second-order valence-corrected chi connectivity index (χ2v) is 7.87. The summed E-state index contributed by atoms with van der Waals surface area (Å²) in [5, 5.41) is 2.48. The van der Waals surface area contributed by atoms with Crippen molar-refractivity contribution < 1.29 is 26.4 Å². The molecule has 2 aromatic heterocycles. The number of alkyl halides is 3. The SMILES string of the molecule is Cc1cn(S(=O)(=O)c2cccc(NC(=O)C(F)(F)F)c2)c2ncc(Cl)cc12. The molecule has 0 radical (unpaired) electrons. The van der Waals surface area contributed by atoms with Gasteiger partial charge in [0.2, 0.25) is 0 Å². The van der Waals surface area contributed by atoms with Crippen LogP contribution in [0.25, 0.3) is 11.0 Å². The van der Waals surface area contributed by atoms with Gasteiger partial charge in [-0.2, -0.15) is 13.2 Å². The molecule has 0 aliphatic carbocycles. The first-order valence-corrected chi connectivity index (χ1v) is 9.19. The first-order valence-electron chi connectivity index (χ1n) is 7.37. The Hall–Kier alpha value is -2.59. The highest BCUT2D eigenvalue weighted by molar-refractivity contribution is 7.90. The van der Waals surface area contributed by atoms with Crippen molar-refractivity contribution in [3.05, 3.63) is 53.3 Å². The van der Waals surface area contributed by atoms with E-state index >= 15 is 0 Å². The van der Waals surface area contributed by atoms with Crippen molar-refractivity contribution in [1.29, 1.82) is 0 Å². The molecule has 0 fully saturated rings. The number of pyridine rings is 1. The van der Waals surface area contributed by atoms with Crippen LogP contribution in [0.5, 0.6) is 0 Å². The van der Waals surface area contributed by atoms with E-state index in [1.165, 1.54) is 24.5 Å². The minimum absolute atomic E-state index is 0.127. The minimum Gasteiger partial charge on any atom is -0.318 e. The summed E-state index contributed by atoms with van der Waals surface area (Å²) < 4.78 is 64.0. The van der Waals surface area contributed by atoms with Crippen LogP contribution in [0.3, 0.4) is 0 Å². The maximum absolute atomic E-state index is 12.9. The van der Waals surface area contributed by atoms with Crippen LogP contribution in [-0.2, 0) is 14.8 Å². The van der Waals surface area contributed by atoms with Gasteiger partial charge in [-0.1, -0.05) is 17.7 Å². The molecule has 0 atom stereocenters. The molecule has 6 nitrogen and oxygen atoms in total. The molecule has 11 heteroatoms. The Bertz CT molecular complexity index is 1160. The first kappa shape index (κ1) is 19.2. The molecular formula is C16H11ClF3N3O3S. The van der Waals surface area contributed by atoms with E-state index in [1.807, 2.05) is 0 Å². The summed E-state index contributed by atoms with van der Waals surface area (Å²) in [5.41, 5.74) is 0.425. The van der Waals surface area contributed by atoms with E-state index in [-0.39, 0.29) is 16.2 Å². The monoisotopic (exact) mass is 417 g/mol. The fourth-order valence-corrected chi connectivity index (χ4v) is 4.02. The molecule has 0 aliphatic heterocycles. The van der Waals surface area contributed by atoms with E-state index in [0.29, 0.717) is 16.0 Å². The van der Waals surface area contributed by atoms with E-state index in [9.17, 15) is 26.4 Å². The molecule has 0 aliphatic rings. The Morgan fingerprint density at radius 2 is 1.96 bits per heavy atom. The van der Waals surface area contributed by atoms with Gasteiger partial charge in [-0.15, -0.1) is 0 Å². The van der Waals surface area contributed by atoms with Crippen LogP contribution >= 0.6 is 11.6 Å². The Morgan fingerprint density at radius 1 is 1.26 bits per heavy atom.